The molecule has 0 spiro atoms. The van der Waals surface area contributed by atoms with E-state index in [1.54, 1.807) is 6.07 Å². The van der Waals surface area contributed by atoms with Crippen LogP contribution >= 0.6 is 0 Å². The summed E-state index contributed by atoms with van der Waals surface area (Å²) in [6, 6.07) is 2.06. The number of likely N-dealkylation sites (N-methyl/N-ethyl adjacent to an activating group) is 1. The Bertz CT molecular complexity index is 286. The zero-order valence-electron chi connectivity index (χ0n) is 8.86. The van der Waals surface area contributed by atoms with Gasteiger partial charge in [0.25, 0.3) is 0 Å². The lowest BCUT2D eigenvalue weighted by Crippen LogP contribution is -2.29. The SMILES string of the molecule is CC(CN(C)C)Nc1cc(N)ncn1. The Balaban J connectivity index is 2.51. The molecule has 1 heterocycles. The molecule has 1 atom stereocenters. The van der Waals surface area contributed by atoms with Crippen LogP contribution in [0.5, 0.6) is 0 Å². The summed E-state index contributed by atoms with van der Waals surface area (Å²) in [7, 11) is 4.07. The van der Waals surface area contributed by atoms with Gasteiger partial charge in [-0.1, -0.05) is 0 Å². The van der Waals surface area contributed by atoms with Gasteiger partial charge in [0.05, 0.1) is 0 Å². The van der Waals surface area contributed by atoms with Crippen molar-refractivity contribution in [2.45, 2.75) is 13.0 Å². The topological polar surface area (TPSA) is 67.1 Å². The van der Waals surface area contributed by atoms with Crippen molar-refractivity contribution < 1.29 is 0 Å². The molecule has 1 aromatic rings. The van der Waals surface area contributed by atoms with E-state index in [4.69, 9.17) is 5.73 Å². The lowest BCUT2D eigenvalue weighted by molar-refractivity contribution is 0.392. The van der Waals surface area contributed by atoms with Crippen LogP contribution < -0.4 is 11.1 Å². The molecule has 14 heavy (non-hydrogen) atoms. The Kier molecular flexibility index (Phi) is 3.64. The van der Waals surface area contributed by atoms with Crippen LogP contribution in [0.15, 0.2) is 12.4 Å². The number of aromatic nitrogens is 2. The number of nitrogen functional groups attached to an aromatic ring is 1. The molecule has 0 radical (unpaired) electrons. The summed E-state index contributed by atoms with van der Waals surface area (Å²) in [5, 5.41) is 3.24. The lowest BCUT2D eigenvalue weighted by Gasteiger charge is -2.18. The van der Waals surface area contributed by atoms with E-state index in [2.05, 4.69) is 27.1 Å². The van der Waals surface area contributed by atoms with Gasteiger partial charge in [0.1, 0.15) is 18.0 Å². The highest BCUT2D eigenvalue weighted by Gasteiger charge is 2.03. The second-order valence-electron chi connectivity index (χ2n) is 3.64. The molecule has 0 saturated carbocycles. The van der Waals surface area contributed by atoms with Crippen molar-refractivity contribution in [3.8, 4) is 0 Å². The molecule has 0 saturated heterocycles. The van der Waals surface area contributed by atoms with Gasteiger partial charge < -0.3 is 16.0 Å². The number of nitrogens with zero attached hydrogens (tertiary/aromatic N) is 3. The fourth-order valence-electron chi connectivity index (χ4n) is 1.30. The Morgan fingerprint density at radius 2 is 2.21 bits per heavy atom. The van der Waals surface area contributed by atoms with Gasteiger partial charge in [-0.2, -0.15) is 0 Å². The van der Waals surface area contributed by atoms with Gasteiger partial charge in [-0.25, -0.2) is 9.97 Å². The smallest absolute Gasteiger partial charge is 0.131 e. The van der Waals surface area contributed by atoms with Gasteiger partial charge in [-0.15, -0.1) is 0 Å². The molecule has 0 fully saturated rings. The predicted octanol–water partition coefficient (Wildman–Crippen LogP) is 0.421. The maximum Gasteiger partial charge on any atom is 0.131 e. The first-order chi connectivity index (χ1) is 6.58. The van der Waals surface area contributed by atoms with Crippen molar-refractivity contribution in [3.63, 3.8) is 0 Å². The van der Waals surface area contributed by atoms with E-state index >= 15 is 0 Å². The second-order valence-corrected chi connectivity index (χ2v) is 3.64. The van der Waals surface area contributed by atoms with Crippen LogP contribution in [0.1, 0.15) is 6.92 Å². The summed E-state index contributed by atoms with van der Waals surface area (Å²) in [5.41, 5.74) is 5.53. The number of rotatable bonds is 4. The molecule has 0 aliphatic heterocycles. The average Bonchev–Trinajstić information content (AvgIpc) is 2.01. The summed E-state index contributed by atoms with van der Waals surface area (Å²) in [6.45, 7) is 3.04. The standard InChI is InChI=1S/C9H17N5/c1-7(5-14(2)3)13-9-4-8(10)11-6-12-9/h4,6-7H,5H2,1-3H3,(H3,10,11,12,13). The maximum atomic E-state index is 5.53. The molecule has 0 amide bonds. The summed E-state index contributed by atoms with van der Waals surface area (Å²) < 4.78 is 0. The second kappa shape index (κ2) is 4.76. The first kappa shape index (κ1) is 10.7. The van der Waals surface area contributed by atoms with Gasteiger partial charge in [-0.05, 0) is 21.0 Å². The Labute approximate surface area is 84.3 Å². The third-order valence-corrected chi connectivity index (χ3v) is 1.72. The van der Waals surface area contributed by atoms with E-state index in [0.29, 0.717) is 11.9 Å². The number of hydrogen-bond acceptors (Lipinski definition) is 5. The summed E-state index contributed by atoms with van der Waals surface area (Å²) in [5.74, 6) is 1.26. The van der Waals surface area contributed by atoms with Crippen LogP contribution in [-0.4, -0.2) is 41.5 Å². The molecule has 0 aliphatic rings. The molecule has 1 aromatic heterocycles. The van der Waals surface area contributed by atoms with E-state index in [1.165, 1.54) is 6.33 Å². The molecule has 0 aliphatic carbocycles. The monoisotopic (exact) mass is 195 g/mol. The quantitative estimate of drug-likeness (QED) is 0.729. The Morgan fingerprint density at radius 1 is 1.50 bits per heavy atom. The maximum absolute atomic E-state index is 5.53. The van der Waals surface area contributed by atoms with Crippen LogP contribution in [0.4, 0.5) is 11.6 Å². The molecule has 1 unspecified atom stereocenters. The summed E-state index contributed by atoms with van der Waals surface area (Å²) in [4.78, 5) is 10.0. The van der Waals surface area contributed by atoms with Crippen molar-refractivity contribution in [2.75, 3.05) is 31.7 Å². The molecule has 78 valence electrons. The Hall–Kier alpha value is -1.36. The number of anilines is 2. The van der Waals surface area contributed by atoms with E-state index in [9.17, 15) is 0 Å². The number of nitrogens with two attached hydrogens (primary N) is 1. The predicted molar refractivity (Wildman–Crippen MR) is 58.1 cm³/mol. The van der Waals surface area contributed by atoms with Crippen LogP contribution in [-0.2, 0) is 0 Å². The van der Waals surface area contributed by atoms with Gasteiger partial charge in [0.2, 0.25) is 0 Å². The molecular weight excluding hydrogens is 178 g/mol. The third-order valence-electron chi connectivity index (χ3n) is 1.72. The average molecular weight is 195 g/mol. The van der Waals surface area contributed by atoms with Crippen molar-refractivity contribution in [3.05, 3.63) is 12.4 Å². The number of nitrogens with one attached hydrogen (secondary N) is 1. The van der Waals surface area contributed by atoms with E-state index < -0.39 is 0 Å². The van der Waals surface area contributed by atoms with Gasteiger partial charge in [-0.3, -0.25) is 0 Å². The molecule has 5 heteroatoms. The minimum absolute atomic E-state index is 0.333. The van der Waals surface area contributed by atoms with Gasteiger partial charge >= 0.3 is 0 Å². The van der Waals surface area contributed by atoms with Gasteiger partial charge in [0.15, 0.2) is 0 Å². The van der Waals surface area contributed by atoms with Crippen molar-refractivity contribution in [2.24, 2.45) is 0 Å². The van der Waals surface area contributed by atoms with Crippen molar-refractivity contribution in [1.82, 2.24) is 14.9 Å². The Morgan fingerprint density at radius 3 is 2.79 bits per heavy atom. The molecule has 0 bridgehead atoms. The zero-order valence-corrected chi connectivity index (χ0v) is 8.86. The molecule has 3 N–H and O–H groups in total. The minimum atomic E-state index is 0.333. The lowest BCUT2D eigenvalue weighted by atomic mass is 10.3. The van der Waals surface area contributed by atoms with Crippen LogP contribution in [0, 0.1) is 0 Å². The first-order valence-electron chi connectivity index (χ1n) is 4.56. The molecular formula is C9H17N5. The van der Waals surface area contributed by atoms with E-state index in [1.807, 2.05) is 14.1 Å². The fourth-order valence-corrected chi connectivity index (χ4v) is 1.30. The third kappa shape index (κ3) is 3.57. The molecule has 5 nitrogen and oxygen atoms in total. The number of hydrogen-bond donors (Lipinski definition) is 2. The van der Waals surface area contributed by atoms with Crippen LogP contribution in [0.2, 0.25) is 0 Å². The summed E-state index contributed by atoms with van der Waals surface area (Å²) in [6.07, 6.45) is 1.46. The first-order valence-corrected chi connectivity index (χ1v) is 4.56. The fraction of sp³-hybridized carbons (Fsp3) is 0.556. The van der Waals surface area contributed by atoms with Crippen LogP contribution in [0.3, 0.4) is 0 Å². The van der Waals surface area contributed by atoms with Crippen LogP contribution in [0.25, 0.3) is 0 Å². The highest BCUT2D eigenvalue weighted by atomic mass is 15.1. The zero-order chi connectivity index (χ0) is 10.6. The van der Waals surface area contributed by atoms with E-state index in [-0.39, 0.29) is 0 Å². The minimum Gasteiger partial charge on any atom is -0.384 e. The van der Waals surface area contributed by atoms with Crippen molar-refractivity contribution >= 4 is 11.6 Å². The van der Waals surface area contributed by atoms with Gasteiger partial charge in [0, 0.05) is 18.7 Å². The normalized spacial score (nSPS) is 12.9. The van der Waals surface area contributed by atoms with Crippen molar-refractivity contribution in [1.29, 1.82) is 0 Å². The molecule has 0 aromatic carbocycles. The largest absolute Gasteiger partial charge is 0.384 e. The highest BCUT2D eigenvalue weighted by molar-refractivity contribution is 5.43. The molecule has 1 rings (SSSR count). The van der Waals surface area contributed by atoms with E-state index in [0.717, 1.165) is 12.4 Å². The summed E-state index contributed by atoms with van der Waals surface area (Å²) >= 11 is 0. The highest BCUT2D eigenvalue weighted by Crippen LogP contribution is 2.06.